The van der Waals surface area contributed by atoms with Gasteiger partial charge in [-0.2, -0.15) is 0 Å². The molecule has 3 saturated carbocycles. The number of nitrogens with two attached hydrogens (primary N) is 1. The fourth-order valence-corrected chi connectivity index (χ4v) is 4.53. The largest absolute Gasteiger partial charge is 0.397 e. The van der Waals surface area contributed by atoms with E-state index in [-0.39, 0.29) is 11.4 Å². The van der Waals surface area contributed by atoms with E-state index in [0.29, 0.717) is 11.4 Å². The van der Waals surface area contributed by atoms with Crippen molar-refractivity contribution in [1.29, 1.82) is 0 Å². The lowest BCUT2D eigenvalue weighted by atomic mass is 9.41. The van der Waals surface area contributed by atoms with Crippen LogP contribution in [-0.4, -0.2) is 11.4 Å². The predicted molar refractivity (Wildman–Crippen MR) is 113 cm³/mol. The summed E-state index contributed by atoms with van der Waals surface area (Å²) in [5.74, 6) is 0.562. The molecule has 4 heteroatoms. The van der Waals surface area contributed by atoms with Crippen molar-refractivity contribution in [2.75, 3.05) is 11.1 Å². The van der Waals surface area contributed by atoms with Crippen LogP contribution < -0.4 is 16.4 Å². The highest BCUT2D eigenvalue weighted by molar-refractivity contribution is 6.03. The van der Waals surface area contributed by atoms with Gasteiger partial charge in [0.25, 0.3) is 0 Å². The molecule has 4 N–H and O–H groups in total. The van der Waals surface area contributed by atoms with Gasteiger partial charge in [-0.3, -0.25) is 4.79 Å². The number of allylic oxidation sites excluding steroid dienone is 2. The van der Waals surface area contributed by atoms with Crippen LogP contribution in [0.25, 0.3) is 6.08 Å². The molecule has 140 valence electrons. The van der Waals surface area contributed by atoms with E-state index in [1.165, 1.54) is 18.1 Å². The molecule has 28 heavy (non-hydrogen) atoms. The Morgan fingerprint density at radius 2 is 1.86 bits per heavy atom. The molecule has 0 saturated heterocycles. The highest BCUT2D eigenvalue weighted by Crippen LogP contribution is 2.67. The molecule has 2 aromatic rings. The molecule has 4 nitrogen and oxygen atoms in total. The molecule has 0 aromatic heterocycles. The Labute approximate surface area is 164 Å². The average Bonchev–Trinajstić information content (AvgIpc) is 2.69. The van der Waals surface area contributed by atoms with Crippen molar-refractivity contribution in [1.82, 2.24) is 5.32 Å². The monoisotopic (exact) mass is 369 g/mol. The van der Waals surface area contributed by atoms with E-state index in [4.69, 9.17) is 5.73 Å². The number of hydrogen-bond acceptors (Lipinski definition) is 3. The van der Waals surface area contributed by atoms with E-state index >= 15 is 0 Å². The maximum Gasteiger partial charge on any atom is 0.248 e. The smallest absolute Gasteiger partial charge is 0.248 e. The molecule has 1 amide bonds. The Hall–Kier alpha value is -3.11. The van der Waals surface area contributed by atoms with Crippen molar-refractivity contribution >= 4 is 23.4 Å². The van der Waals surface area contributed by atoms with E-state index in [9.17, 15) is 4.79 Å². The Morgan fingerprint density at radius 3 is 2.54 bits per heavy atom. The minimum absolute atomic E-state index is 0.193. The van der Waals surface area contributed by atoms with Gasteiger partial charge in [0.1, 0.15) is 0 Å². The normalized spacial score (nSPS) is 24.1. The number of hydrogen-bond donors (Lipinski definition) is 3. The number of benzene rings is 2. The van der Waals surface area contributed by atoms with Crippen LogP contribution in [0.5, 0.6) is 0 Å². The lowest BCUT2D eigenvalue weighted by molar-refractivity contribution is -0.111. The standard InChI is InChI=1S/C24H23N3O/c25-21-6-1-2-7-22(21)27-23(28)13-12-16-8-10-17(11-9-16)15-26-24-14-18-19(24)4-3-5-20(18)24/h1-2,4-13,18,26H,3,14-15,25H2,(H,27,28)/b13-12+. The van der Waals surface area contributed by atoms with Crippen molar-refractivity contribution in [3.05, 3.63) is 89.0 Å². The summed E-state index contributed by atoms with van der Waals surface area (Å²) in [7, 11) is 0. The van der Waals surface area contributed by atoms with Crippen molar-refractivity contribution in [2.24, 2.45) is 5.92 Å². The molecule has 4 aliphatic carbocycles. The third-order valence-corrected chi connectivity index (χ3v) is 6.14. The van der Waals surface area contributed by atoms with Crippen LogP contribution in [0.15, 0.2) is 77.9 Å². The van der Waals surface area contributed by atoms with Gasteiger partial charge in [0, 0.05) is 18.5 Å². The first-order valence-electron chi connectivity index (χ1n) is 9.74. The van der Waals surface area contributed by atoms with Crippen molar-refractivity contribution in [3.63, 3.8) is 0 Å². The van der Waals surface area contributed by atoms with Crippen LogP contribution in [0.2, 0.25) is 0 Å². The Bertz CT molecular complexity index is 1010. The molecule has 0 atom stereocenters. The highest BCUT2D eigenvalue weighted by Gasteiger charge is 2.65. The number of para-hydroxylation sites is 2. The first kappa shape index (κ1) is 17.0. The molecule has 0 aliphatic heterocycles. The zero-order valence-electron chi connectivity index (χ0n) is 15.6. The van der Waals surface area contributed by atoms with E-state index in [1.54, 1.807) is 23.3 Å². The molecule has 0 radical (unpaired) electrons. The zero-order valence-corrected chi connectivity index (χ0v) is 15.6. The van der Waals surface area contributed by atoms with Gasteiger partial charge in [-0.1, -0.05) is 48.6 Å². The van der Waals surface area contributed by atoms with Gasteiger partial charge in [0.2, 0.25) is 5.91 Å². The predicted octanol–water partition coefficient (Wildman–Crippen LogP) is 4.04. The quantitative estimate of drug-likeness (QED) is 0.409. The second kappa shape index (κ2) is 6.50. The summed E-state index contributed by atoms with van der Waals surface area (Å²) in [5, 5.41) is 6.55. The fourth-order valence-electron chi connectivity index (χ4n) is 4.53. The maximum absolute atomic E-state index is 12.1. The Balaban J connectivity index is 1.17. The van der Waals surface area contributed by atoms with Crippen LogP contribution in [0.4, 0.5) is 11.4 Å². The fraction of sp³-hybridized carbons (Fsp3) is 0.208. The van der Waals surface area contributed by atoms with Crippen LogP contribution in [0, 0.1) is 5.92 Å². The molecule has 4 bridgehead atoms. The molecule has 0 spiro atoms. The van der Waals surface area contributed by atoms with Gasteiger partial charge in [0.15, 0.2) is 0 Å². The van der Waals surface area contributed by atoms with Crippen molar-refractivity contribution in [2.45, 2.75) is 24.9 Å². The van der Waals surface area contributed by atoms with Gasteiger partial charge in [-0.05, 0) is 53.3 Å². The van der Waals surface area contributed by atoms with Gasteiger partial charge < -0.3 is 16.4 Å². The van der Waals surface area contributed by atoms with Crippen molar-refractivity contribution < 1.29 is 4.79 Å². The van der Waals surface area contributed by atoms with Crippen LogP contribution in [0.3, 0.4) is 0 Å². The molecular weight excluding hydrogens is 346 g/mol. The summed E-state index contributed by atoms with van der Waals surface area (Å²) < 4.78 is 0. The topological polar surface area (TPSA) is 67.1 Å². The molecule has 6 rings (SSSR count). The Kier molecular flexibility index (Phi) is 3.95. The van der Waals surface area contributed by atoms with E-state index in [0.717, 1.165) is 24.4 Å². The summed E-state index contributed by atoms with van der Waals surface area (Å²) in [6, 6.07) is 15.5. The van der Waals surface area contributed by atoms with Crippen molar-refractivity contribution in [3.8, 4) is 0 Å². The highest BCUT2D eigenvalue weighted by atomic mass is 16.1. The number of anilines is 2. The van der Waals surface area contributed by atoms with Gasteiger partial charge >= 0.3 is 0 Å². The number of amides is 1. The summed E-state index contributed by atoms with van der Waals surface area (Å²) in [6.45, 7) is 0.860. The number of nitrogen functional groups attached to an aromatic ring is 1. The molecule has 3 fully saturated rings. The van der Waals surface area contributed by atoms with Gasteiger partial charge in [-0.25, -0.2) is 0 Å². The number of carbonyl (C=O) groups excluding carboxylic acids is 1. The molecule has 0 unspecified atom stereocenters. The zero-order chi connectivity index (χ0) is 19.1. The SMILES string of the molecule is Nc1ccccc1NC(=O)/C=C/c1ccc(CNC23CC4C2=CCC=C43)cc1. The second-order valence-corrected chi connectivity index (χ2v) is 7.72. The molecule has 2 aromatic carbocycles. The summed E-state index contributed by atoms with van der Waals surface area (Å²) in [4.78, 5) is 12.1. The summed E-state index contributed by atoms with van der Waals surface area (Å²) >= 11 is 0. The second-order valence-electron chi connectivity index (χ2n) is 7.72. The lowest BCUT2D eigenvalue weighted by Gasteiger charge is -2.68. The molecule has 4 aliphatic rings. The first-order valence-corrected chi connectivity index (χ1v) is 9.74. The lowest BCUT2D eigenvalue weighted by Crippen LogP contribution is -2.71. The van der Waals surface area contributed by atoms with Crippen LogP contribution in [0.1, 0.15) is 24.0 Å². The van der Waals surface area contributed by atoms with E-state index in [2.05, 4.69) is 34.9 Å². The van der Waals surface area contributed by atoms with Gasteiger partial charge in [-0.15, -0.1) is 0 Å². The maximum atomic E-state index is 12.1. The molecule has 0 heterocycles. The third-order valence-electron chi connectivity index (χ3n) is 6.14. The van der Waals surface area contributed by atoms with Crippen LogP contribution >= 0.6 is 0 Å². The van der Waals surface area contributed by atoms with Crippen LogP contribution in [-0.2, 0) is 11.3 Å². The third kappa shape index (κ3) is 2.69. The van der Waals surface area contributed by atoms with E-state index < -0.39 is 0 Å². The van der Waals surface area contributed by atoms with Gasteiger partial charge in [0.05, 0.1) is 16.9 Å². The number of rotatable bonds is 6. The minimum atomic E-state index is -0.194. The summed E-state index contributed by atoms with van der Waals surface area (Å²) in [5.41, 5.74) is 12.7. The average molecular weight is 369 g/mol. The Morgan fingerprint density at radius 1 is 1.11 bits per heavy atom. The number of nitrogens with one attached hydrogen (secondary N) is 2. The van der Waals surface area contributed by atoms with E-state index in [1.807, 2.05) is 30.3 Å². The molecular formula is C24H23N3O. The minimum Gasteiger partial charge on any atom is -0.397 e. The first-order chi connectivity index (χ1) is 13.7. The summed E-state index contributed by atoms with van der Waals surface area (Å²) in [6.07, 6.45) is 10.5. The number of carbonyl (C=O) groups is 1.